The molecular weight excluding hydrogens is 328 g/mol. The fourth-order valence-corrected chi connectivity index (χ4v) is 3.59. The van der Waals surface area contributed by atoms with E-state index in [1.165, 1.54) is 0 Å². The van der Waals surface area contributed by atoms with Crippen LogP contribution in [0.15, 0.2) is 23.8 Å². The minimum Gasteiger partial charge on any atom is -0.410 e. The molecule has 0 saturated carbocycles. The maximum atomic E-state index is 12.1. The van der Waals surface area contributed by atoms with Crippen LogP contribution in [-0.4, -0.2) is 25.4 Å². The maximum absolute atomic E-state index is 12.1. The predicted octanol–water partition coefficient (Wildman–Crippen LogP) is 5.16. The summed E-state index contributed by atoms with van der Waals surface area (Å²) in [5.74, 6) is 0.189. The van der Waals surface area contributed by atoms with Crippen molar-refractivity contribution in [3.8, 4) is 0 Å². The van der Waals surface area contributed by atoms with Gasteiger partial charge in [-0.05, 0) is 60.6 Å². The van der Waals surface area contributed by atoms with Gasteiger partial charge in [-0.15, -0.1) is 0 Å². The standard InChI is InChI=1S/C18H29ClO3Si/c1-18(2,3)23(4,5)22-15-12-14(16(20)13-15)10-8-6-7-9-11-17(19)21/h6,8,12,15H,7,9-11,13H2,1-5H3. The highest BCUT2D eigenvalue weighted by Gasteiger charge is 2.40. The molecule has 0 aliphatic heterocycles. The van der Waals surface area contributed by atoms with Crippen LogP contribution in [0.4, 0.5) is 0 Å². The van der Waals surface area contributed by atoms with Gasteiger partial charge in [0.15, 0.2) is 14.1 Å². The van der Waals surface area contributed by atoms with Gasteiger partial charge in [0.05, 0.1) is 6.10 Å². The summed E-state index contributed by atoms with van der Waals surface area (Å²) in [4.78, 5) is 22.7. The summed E-state index contributed by atoms with van der Waals surface area (Å²) in [6.45, 7) is 11.0. The number of unbranched alkanes of at least 4 members (excludes halogenated alkanes) is 1. The molecule has 130 valence electrons. The fraction of sp³-hybridized carbons (Fsp3) is 0.667. The van der Waals surface area contributed by atoms with Crippen LogP contribution in [0.25, 0.3) is 0 Å². The molecule has 0 heterocycles. The van der Waals surface area contributed by atoms with E-state index in [1.54, 1.807) is 0 Å². The van der Waals surface area contributed by atoms with Gasteiger partial charge >= 0.3 is 0 Å². The van der Waals surface area contributed by atoms with Gasteiger partial charge < -0.3 is 4.43 Å². The van der Waals surface area contributed by atoms with Crippen molar-refractivity contribution in [2.45, 2.75) is 77.1 Å². The number of carbonyl (C=O) groups is 2. The van der Waals surface area contributed by atoms with E-state index in [1.807, 2.05) is 18.2 Å². The van der Waals surface area contributed by atoms with Gasteiger partial charge in [0.1, 0.15) is 0 Å². The average molecular weight is 357 g/mol. The number of halogens is 1. The van der Waals surface area contributed by atoms with Crippen LogP contribution in [0, 0.1) is 0 Å². The van der Waals surface area contributed by atoms with Gasteiger partial charge in [-0.1, -0.05) is 32.9 Å². The lowest BCUT2D eigenvalue weighted by atomic mass is 10.1. The highest BCUT2D eigenvalue weighted by Crippen LogP contribution is 2.38. The molecule has 0 aromatic carbocycles. The van der Waals surface area contributed by atoms with E-state index in [0.717, 1.165) is 18.4 Å². The fourth-order valence-electron chi connectivity index (χ4n) is 2.19. The topological polar surface area (TPSA) is 43.4 Å². The Labute approximate surface area is 146 Å². The lowest BCUT2D eigenvalue weighted by Gasteiger charge is -2.37. The summed E-state index contributed by atoms with van der Waals surface area (Å²) in [7, 11) is -1.85. The summed E-state index contributed by atoms with van der Waals surface area (Å²) < 4.78 is 6.30. The van der Waals surface area contributed by atoms with Gasteiger partial charge in [-0.3, -0.25) is 9.59 Å². The molecule has 0 saturated heterocycles. The van der Waals surface area contributed by atoms with Crippen LogP contribution >= 0.6 is 11.6 Å². The first-order valence-corrected chi connectivity index (χ1v) is 11.6. The molecule has 0 radical (unpaired) electrons. The van der Waals surface area contributed by atoms with Crippen molar-refractivity contribution in [1.82, 2.24) is 0 Å². The van der Waals surface area contributed by atoms with Crippen LogP contribution in [0.2, 0.25) is 18.1 Å². The summed E-state index contributed by atoms with van der Waals surface area (Å²) in [6.07, 6.45) is 9.01. The molecule has 0 aromatic heterocycles. The Morgan fingerprint density at radius 2 is 2.04 bits per heavy atom. The number of Topliss-reactive ketones (excluding diaryl/α,β-unsaturated/α-hetero) is 1. The Morgan fingerprint density at radius 1 is 1.39 bits per heavy atom. The minimum absolute atomic E-state index is 0.0688. The molecule has 0 amide bonds. The molecule has 0 fully saturated rings. The van der Waals surface area contributed by atoms with Crippen molar-refractivity contribution < 1.29 is 14.0 Å². The monoisotopic (exact) mass is 356 g/mol. The highest BCUT2D eigenvalue weighted by atomic mass is 35.5. The highest BCUT2D eigenvalue weighted by molar-refractivity contribution is 6.74. The van der Waals surface area contributed by atoms with E-state index in [4.69, 9.17) is 16.0 Å². The maximum Gasteiger partial charge on any atom is 0.221 e. The molecule has 23 heavy (non-hydrogen) atoms. The zero-order chi connectivity index (χ0) is 17.7. The van der Waals surface area contributed by atoms with Gasteiger partial charge in [-0.25, -0.2) is 0 Å². The third-order valence-corrected chi connectivity index (χ3v) is 9.33. The molecule has 1 aliphatic rings. The van der Waals surface area contributed by atoms with Gasteiger partial charge in [0.25, 0.3) is 0 Å². The number of rotatable bonds is 8. The van der Waals surface area contributed by atoms with Crippen molar-refractivity contribution in [2.75, 3.05) is 0 Å². The molecule has 3 nitrogen and oxygen atoms in total. The van der Waals surface area contributed by atoms with Crippen LogP contribution in [0.5, 0.6) is 0 Å². The second-order valence-electron chi connectivity index (χ2n) is 7.66. The van der Waals surface area contributed by atoms with Crippen molar-refractivity contribution in [2.24, 2.45) is 0 Å². The van der Waals surface area contributed by atoms with Gasteiger partial charge in [0.2, 0.25) is 5.24 Å². The lowest BCUT2D eigenvalue weighted by Crippen LogP contribution is -2.43. The van der Waals surface area contributed by atoms with Crippen molar-refractivity contribution in [3.63, 3.8) is 0 Å². The first kappa shape index (κ1) is 20.3. The normalized spacial score (nSPS) is 19.5. The summed E-state index contributed by atoms with van der Waals surface area (Å²) in [6, 6.07) is 0. The molecule has 0 aromatic rings. The molecule has 0 N–H and O–H groups in total. The molecule has 5 heteroatoms. The van der Waals surface area contributed by atoms with Crippen molar-refractivity contribution >= 4 is 30.9 Å². The van der Waals surface area contributed by atoms with Crippen LogP contribution < -0.4 is 0 Å². The summed E-state index contributed by atoms with van der Waals surface area (Å²) in [5.41, 5.74) is 0.846. The minimum atomic E-state index is -1.85. The number of carbonyl (C=O) groups excluding carboxylic acids is 2. The lowest BCUT2D eigenvalue weighted by molar-refractivity contribution is -0.115. The van der Waals surface area contributed by atoms with Crippen LogP contribution in [0.1, 0.15) is 52.9 Å². The van der Waals surface area contributed by atoms with E-state index in [0.29, 0.717) is 19.3 Å². The quantitative estimate of drug-likeness (QED) is 0.261. The second kappa shape index (κ2) is 8.40. The molecule has 0 spiro atoms. The Kier molecular flexibility index (Phi) is 7.43. The molecule has 0 bridgehead atoms. The SMILES string of the molecule is CC(C)(C)[Si](C)(C)OC1C=C(CC=CCCCC(=O)Cl)C(=O)C1. The first-order valence-electron chi connectivity index (χ1n) is 8.28. The smallest absolute Gasteiger partial charge is 0.221 e. The zero-order valence-electron chi connectivity index (χ0n) is 14.9. The van der Waals surface area contributed by atoms with Crippen LogP contribution in [-0.2, 0) is 14.0 Å². The molecule has 1 rings (SSSR count). The Balaban J connectivity index is 2.50. The Morgan fingerprint density at radius 3 is 2.61 bits per heavy atom. The largest absolute Gasteiger partial charge is 0.410 e. The zero-order valence-corrected chi connectivity index (χ0v) is 16.7. The van der Waals surface area contributed by atoms with E-state index in [-0.39, 0.29) is 22.2 Å². The molecular formula is C18H29ClO3Si. The van der Waals surface area contributed by atoms with Gasteiger partial charge in [-0.2, -0.15) is 0 Å². The molecule has 1 unspecified atom stereocenters. The number of allylic oxidation sites excluding steroid dienone is 3. The van der Waals surface area contributed by atoms with Crippen LogP contribution in [0.3, 0.4) is 0 Å². The van der Waals surface area contributed by atoms with Gasteiger partial charge in [0, 0.05) is 12.8 Å². The van der Waals surface area contributed by atoms with Crippen molar-refractivity contribution in [1.29, 1.82) is 0 Å². The van der Waals surface area contributed by atoms with E-state index in [9.17, 15) is 9.59 Å². The summed E-state index contributed by atoms with van der Waals surface area (Å²) in [5, 5.41) is -0.149. The third kappa shape index (κ3) is 6.74. The first-order chi connectivity index (χ1) is 10.5. The van der Waals surface area contributed by atoms with E-state index < -0.39 is 8.32 Å². The Hall–Kier alpha value is -0.713. The molecule has 1 aliphatic carbocycles. The van der Waals surface area contributed by atoms with E-state index >= 15 is 0 Å². The predicted molar refractivity (Wildman–Crippen MR) is 98.2 cm³/mol. The van der Waals surface area contributed by atoms with Crippen molar-refractivity contribution in [3.05, 3.63) is 23.8 Å². The molecule has 1 atom stereocenters. The number of hydrogen-bond donors (Lipinski definition) is 0. The number of ketones is 1. The number of hydrogen-bond acceptors (Lipinski definition) is 3. The van der Waals surface area contributed by atoms with E-state index in [2.05, 4.69) is 33.9 Å². The third-order valence-electron chi connectivity index (χ3n) is 4.63. The average Bonchev–Trinajstić information content (AvgIpc) is 2.71. The summed E-state index contributed by atoms with van der Waals surface area (Å²) >= 11 is 5.29. The Bertz CT molecular complexity index is 501. The second-order valence-corrected chi connectivity index (χ2v) is 12.8.